The van der Waals surface area contributed by atoms with Crippen LogP contribution in [0.2, 0.25) is 0 Å². The molecular formula is C19H28N4O3. The van der Waals surface area contributed by atoms with Crippen molar-refractivity contribution in [3.63, 3.8) is 0 Å². The zero-order valence-corrected chi connectivity index (χ0v) is 15.9. The number of nitrogens with one attached hydrogen (secondary N) is 1. The van der Waals surface area contributed by atoms with Gasteiger partial charge in [0.05, 0.1) is 26.7 Å². The molecule has 7 heteroatoms. The zero-order chi connectivity index (χ0) is 18.4. The van der Waals surface area contributed by atoms with Gasteiger partial charge in [-0.05, 0) is 32.0 Å². The van der Waals surface area contributed by atoms with Crippen LogP contribution in [0, 0.1) is 0 Å². The summed E-state index contributed by atoms with van der Waals surface area (Å²) in [6.07, 6.45) is 6.84. The standard InChI is InChI=1S/C19H28N4O3/c1-24-15-12-14-16(18(26-3)17(15)25-2)21-13-22-19(14)20-8-11-23-9-6-4-5-7-10-23/h12-13H,4-11H2,1-3H3,(H,20,21,22). The Labute approximate surface area is 154 Å². The largest absolute Gasteiger partial charge is 0.493 e. The molecule has 1 aliphatic heterocycles. The molecule has 1 fully saturated rings. The first-order valence-corrected chi connectivity index (χ1v) is 9.18. The second-order valence-electron chi connectivity index (χ2n) is 6.45. The maximum Gasteiger partial charge on any atom is 0.205 e. The molecule has 0 amide bonds. The van der Waals surface area contributed by atoms with E-state index in [1.54, 1.807) is 27.7 Å². The van der Waals surface area contributed by atoms with Gasteiger partial charge in [0, 0.05) is 13.1 Å². The highest BCUT2D eigenvalue weighted by molar-refractivity contribution is 5.96. The van der Waals surface area contributed by atoms with Crippen molar-refractivity contribution in [2.75, 3.05) is 52.8 Å². The first-order chi connectivity index (χ1) is 12.8. The second kappa shape index (κ2) is 8.89. The Kier molecular flexibility index (Phi) is 6.33. The van der Waals surface area contributed by atoms with Gasteiger partial charge in [0.25, 0.3) is 0 Å². The van der Waals surface area contributed by atoms with E-state index in [1.165, 1.54) is 38.8 Å². The summed E-state index contributed by atoms with van der Waals surface area (Å²) in [6, 6.07) is 1.89. The number of hydrogen-bond acceptors (Lipinski definition) is 7. The van der Waals surface area contributed by atoms with Crippen LogP contribution in [0.4, 0.5) is 5.82 Å². The van der Waals surface area contributed by atoms with Gasteiger partial charge in [-0.1, -0.05) is 12.8 Å². The third-order valence-corrected chi connectivity index (χ3v) is 4.85. The predicted molar refractivity (Wildman–Crippen MR) is 103 cm³/mol. The molecule has 0 radical (unpaired) electrons. The highest BCUT2D eigenvalue weighted by Gasteiger charge is 2.19. The lowest BCUT2D eigenvalue weighted by Gasteiger charge is -2.20. The van der Waals surface area contributed by atoms with Crippen LogP contribution >= 0.6 is 0 Å². The zero-order valence-electron chi connectivity index (χ0n) is 15.9. The van der Waals surface area contributed by atoms with E-state index >= 15 is 0 Å². The Bertz CT molecular complexity index is 730. The molecule has 0 aliphatic carbocycles. The summed E-state index contributed by atoms with van der Waals surface area (Å²) >= 11 is 0. The van der Waals surface area contributed by atoms with E-state index in [0.717, 1.165) is 24.3 Å². The summed E-state index contributed by atoms with van der Waals surface area (Å²) in [6.45, 7) is 4.22. The van der Waals surface area contributed by atoms with Gasteiger partial charge in [-0.2, -0.15) is 0 Å². The molecule has 0 spiro atoms. The van der Waals surface area contributed by atoms with Gasteiger partial charge < -0.3 is 24.4 Å². The molecule has 0 bridgehead atoms. The van der Waals surface area contributed by atoms with Crippen molar-refractivity contribution in [2.24, 2.45) is 0 Å². The van der Waals surface area contributed by atoms with Crippen LogP contribution in [0.15, 0.2) is 12.4 Å². The molecule has 0 unspecified atom stereocenters. The van der Waals surface area contributed by atoms with Gasteiger partial charge in [-0.3, -0.25) is 0 Å². The maximum absolute atomic E-state index is 5.53. The average Bonchev–Trinajstić information content (AvgIpc) is 2.95. The first kappa shape index (κ1) is 18.5. The molecule has 1 aromatic heterocycles. The Hall–Kier alpha value is -2.28. The highest BCUT2D eigenvalue weighted by atomic mass is 16.5. The quantitative estimate of drug-likeness (QED) is 0.814. The summed E-state index contributed by atoms with van der Waals surface area (Å²) in [7, 11) is 4.80. The topological polar surface area (TPSA) is 68.7 Å². The third kappa shape index (κ3) is 3.93. The first-order valence-electron chi connectivity index (χ1n) is 9.18. The van der Waals surface area contributed by atoms with E-state index in [1.807, 2.05) is 6.07 Å². The minimum absolute atomic E-state index is 0.539. The predicted octanol–water partition coefficient (Wildman–Crippen LogP) is 2.94. The number of methoxy groups -OCH3 is 3. The lowest BCUT2D eigenvalue weighted by molar-refractivity contribution is 0.296. The average molecular weight is 360 g/mol. The Balaban J connectivity index is 1.82. The molecule has 2 aromatic rings. The van der Waals surface area contributed by atoms with Gasteiger partial charge in [-0.25, -0.2) is 9.97 Å². The third-order valence-electron chi connectivity index (χ3n) is 4.85. The summed E-state index contributed by atoms with van der Waals surface area (Å²) in [4.78, 5) is 11.3. The van der Waals surface area contributed by atoms with Crippen LogP contribution in [0.5, 0.6) is 17.2 Å². The molecule has 1 aliphatic rings. The number of benzene rings is 1. The summed E-state index contributed by atoms with van der Waals surface area (Å²) in [5.41, 5.74) is 0.706. The number of hydrogen-bond donors (Lipinski definition) is 1. The van der Waals surface area contributed by atoms with E-state index in [2.05, 4.69) is 20.2 Å². The second-order valence-corrected chi connectivity index (χ2v) is 6.45. The number of aromatic nitrogens is 2. The Morgan fingerprint density at radius 3 is 2.35 bits per heavy atom. The number of nitrogens with zero attached hydrogens (tertiary/aromatic N) is 3. The lowest BCUT2D eigenvalue weighted by Crippen LogP contribution is -2.30. The number of fused-ring (bicyclic) bond motifs is 1. The number of likely N-dealkylation sites (tertiary alicyclic amines) is 1. The Morgan fingerprint density at radius 2 is 1.69 bits per heavy atom. The van der Waals surface area contributed by atoms with E-state index < -0.39 is 0 Å². The van der Waals surface area contributed by atoms with Gasteiger partial charge in [-0.15, -0.1) is 0 Å². The molecule has 1 saturated heterocycles. The van der Waals surface area contributed by atoms with Crippen LogP contribution in [0.3, 0.4) is 0 Å². The van der Waals surface area contributed by atoms with Crippen LogP contribution in [0.1, 0.15) is 25.7 Å². The summed E-state index contributed by atoms with van der Waals surface area (Å²) in [5.74, 6) is 2.47. The molecular weight excluding hydrogens is 332 g/mol. The van der Waals surface area contributed by atoms with Crippen molar-refractivity contribution in [1.29, 1.82) is 0 Å². The normalized spacial score (nSPS) is 15.5. The molecule has 1 aromatic carbocycles. The minimum atomic E-state index is 0.539. The molecule has 2 heterocycles. The van der Waals surface area contributed by atoms with Gasteiger partial charge in [0.2, 0.25) is 5.75 Å². The van der Waals surface area contributed by atoms with Crippen molar-refractivity contribution in [1.82, 2.24) is 14.9 Å². The van der Waals surface area contributed by atoms with Crippen LogP contribution in [-0.4, -0.2) is 62.4 Å². The highest BCUT2D eigenvalue weighted by Crippen LogP contribution is 2.43. The fraction of sp³-hybridized carbons (Fsp3) is 0.579. The van der Waals surface area contributed by atoms with Crippen molar-refractivity contribution >= 4 is 16.7 Å². The van der Waals surface area contributed by atoms with Crippen molar-refractivity contribution in [2.45, 2.75) is 25.7 Å². The minimum Gasteiger partial charge on any atom is -0.493 e. The monoisotopic (exact) mass is 360 g/mol. The van der Waals surface area contributed by atoms with E-state index in [9.17, 15) is 0 Å². The van der Waals surface area contributed by atoms with Gasteiger partial charge in [0.15, 0.2) is 11.5 Å². The summed E-state index contributed by atoms with van der Waals surface area (Å²) < 4.78 is 16.4. The van der Waals surface area contributed by atoms with Gasteiger partial charge in [0.1, 0.15) is 17.7 Å². The van der Waals surface area contributed by atoms with Gasteiger partial charge >= 0.3 is 0 Å². The molecule has 142 valence electrons. The summed E-state index contributed by atoms with van der Waals surface area (Å²) in [5, 5.41) is 4.31. The lowest BCUT2D eigenvalue weighted by atomic mass is 10.2. The molecule has 3 rings (SSSR count). The fourth-order valence-corrected chi connectivity index (χ4v) is 3.50. The molecule has 1 N–H and O–H groups in total. The molecule has 0 atom stereocenters. The van der Waals surface area contributed by atoms with Crippen molar-refractivity contribution < 1.29 is 14.2 Å². The van der Waals surface area contributed by atoms with Crippen LogP contribution in [-0.2, 0) is 0 Å². The molecule has 0 saturated carbocycles. The smallest absolute Gasteiger partial charge is 0.205 e. The van der Waals surface area contributed by atoms with E-state index in [-0.39, 0.29) is 0 Å². The number of anilines is 1. The van der Waals surface area contributed by atoms with Crippen LogP contribution < -0.4 is 19.5 Å². The SMILES string of the molecule is COc1cc2c(NCCN3CCCCCC3)ncnc2c(OC)c1OC. The Morgan fingerprint density at radius 1 is 0.962 bits per heavy atom. The van der Waals surface area contributed by atoms with Crippen LogP contribution in [0.25, 0.3) is 10.9 Å². The van der Waals surface area contributed by atoms with Crippen molar-refractivity contribution in [3.05, 3.63) is 12.4 Å². The van der Waals surface area contributed by atoms with Crippen molar-refractivity contribution in [3.8, 4) is 17.2 Å². The number of ether oxygens (including phenoxy) is 3. The molecule has 7 nitrogen and oxygen atoms in total. The van der Waals surface area contributed by atoms with E-state index in [0.29, 0.717) is 22.8 Å². The molecule has 26 heavy (non-hydrogen) atoms. The van der Waals surface area contributed by atoms with E-state index in [4.69, 9.17) is 14.2 Å². The fourth-order valence-electron chi connectivity index (χ4n) is 3.50. The maximum atomic E-state index is 5.53. The number of rotatable bonds is 7.